The number of fused-ring (bicyclic) bond motifs is 1. The number of piperidine rings is 1. The maximum absolute atomic E-state index is 5.77. The van der Waals surface area contributed by atoms with E-state index in [0.29, 0.717) is 11.7 Å². The predicted octanol–water partition coefficient (Wildman–Crippen LogP) is 4.22. The van der Waals surface area contributed by atoms with Crippen LogP contribution in [0.15, 0.2) is 61.7 Å². The highest BCUT2D eigenvalue weighted by Gasteiger charge is 2.24. The lowest BCUT2D eigenvalue weighted by Gasteiger charge is -2.32. The first kappa shape index (κ1) is 20.2. The number of nitrogens with zero attached hydrogens (tertiary/aromatic N) is 6. The van der Waals surface area contributed by atoms with Crippen LogP contribution in [-0.4, -0.2) is 37.8 Å². The summed E-state index contributed by atoms with van der Waals surface area (Å²) in [4.78, 5) is 16.0. The Morgan fingerprint density at radius 3 is 2.41 bits per heavy atom. The molecule has 7 nitrogen and oxygen atoms in total. The SMILES string of the molecule is C=C(N)c1ccc(-c2cc3cnn(C4CCN(c5ncc(CC)cn5)CC4)c3cn2)cc1. The molecule has 0 radical (unpaired) electrons. The van der Waals surface area contributed by atoms with Crippen LogP contribution in [0.3, 0.4) is 0 Å². The second-order valence-corrected chi connectivity index (χ2v) is 8.28. The van der Waals surface area contributed by atoms with Gasteiger partial charge in [-0.05, 0) is 36.5 Å². The molecule has 162 valence electrons. The average molecular weight is 426 g/mol. The van der Waals surface area contributed by atoms with Crippen LogP contribution in [0.4, 0.5) is 5.95 Å². The van der Waals surface area contributed by atoms with Crippen molar-refractivity contribution in [3.8, 4) is 11.3 Å². The smallest absolute Gasteiger partial charge is 0.225 e. The van der Waals surface area contributed by atoms with E-state index in [0.717, 1.165) is 66.0 Å². The Morgan fingerprint density at radius 2 is 1.75 bits per heavy atom. The van der Waals surface area contributed by atoms with Gasteiger partial charge >= 0.3 is 0 Å². The molecule has 5 rings (SSSR count). The van der Waals surface area contributed by atoms with E-state index in [2.05, 4.69) is 39.1 Å². The van der Waals surface area contributed by atoms with Crippen LogP contribution in [0, 0.1) is 0 Å². The molecule has 4 heterocycles. The van der Waals surface area contributed by atoms with Crippen LogP contribution < -0.4 is 10.6 Å². The highest BCUT2D eigenvalue weighted by Crippen LogP contribution is 2.29. The number of aromatic nitrogens is 5. The number of hydrogen-bond acceptors (Lipinski definition) is 6. The Labute approximate surface area is 187 Å². The van der Waals surface area contributed by atoms with Gasteiger partial charge in [0.05, 0.1) is 29.6 Å². The minimum absolute atomic E-state index is 0.348. The first-order valence-electron chi connectivity index (χ1n) is 11.1. The summed E-state index contributed by atoms with van der Waals surface area (Å²) in [6.45, 7) is 7.74. The van der Waals surface area contributed by atoms with E-state index in [1.54, 1.807) is 0 Å². The Hall–Kier alpha value is -3.74. The highest BCUT2D eigenvalue weighted by atomic mass is 15.3. The molecular weight excluding hydrogens is 398 g/mol. The Bertz CT molecular complexity index is 1230. The summed E-state index contributed by atoms with van der Waals surface area (Å²) in [6.07, 6.45) is 10.7. The van der Waals surface area contributed by atoms with Gasteiger partial charge in [-0.2, -0.15) is 5.10 Å². The predicted molar refractivity (Wildman–Crippen MR) is 128 cm³/mol. The van der Waals surface area contributed by atoms with Gasteiger partial charge in [0.2, 0.25) is 5.95 Å². The lowest BCUT2D eigenvalue weighted by Crippen LogP contribution is -2.36. The van der Waals surface area contributed by atoms with Crippen molar-refractivity contribution in [2.24, 2.45) is 5.73 Å². The van der Waals surface area contributed by atoms with Crippen molar-refractivity contribution in [2.75, 3.05) is 18.0 Å². The number of pyridine rings is 1. The van der Waals surface area contributed by atoms with Crippen molar-refractivity contribution in [1.29, 1.82) is 0 Å². The van der Waals surface area contributed by atoms with Crippen molar-refractivity contribution >= 4 is 22.5 Å². The maximum Gasteiger partial charge on any atom is 0.225 e. The van der Waals surface area contributed by atoms with Gasteiger partial charge in [0.1, 0.15) is 0 Å². The summed E-state index contributed by atoms with van der Waals surface area (Å²) in [5.74, 6) is 0.821. The Kier molecular flexibility index (Phi) is 5.31. The molecule has 0 saturated carbocycles. The van der Waals surface area contributed by atoms with E-state index >= 15 is 0 Å². The van der Waals surface area contributed by atoms with E-state index < -0.39 is 0 Å². The summed E-state index contributed by atoms with van der Waals surface area (Å²) < 4.78 is 2.13. The zero-order valence-electron chi connectivity index (χ0n) is 18.3. The van der Waals surface area contributed by atoms with Gasteiger partial charge < -0.3 is 10.6 Å². The Balaban J connectivity index is 1.31. The van der Waals surface area contributed by atoms with Gasteiger partial charge in [0.25, 0.3) is 0 Å². The second kappa shape index (κ2) is 8.42. The molecule has 0 unspecified atom stereocenters. The molecule has 1 aliphatic heterocycles. The third-order valence-electron chi connectivity index (χ3n) is 6.23. The molecule has 2 N–H and O–H groups in total. The van der Waals surface area contributed by atoms with Crippen LogP contribution >= 0.6 is 0 Å². The molecule has 1 aromatic carbocycles. The summed E-state index contributed by atoms with van der Waals surface area (Å²) >= 11 is 0. The van der Waals surface area contributed by atoms with Gasteiger partial charge in [-0.1, -0.05) is 37.8 Å². The molecular formula is C25H27N7. The van der Waals surface area contributed by atoms with E-state index in [9.17, 15) is 0 Å². The lowest BCUT2D eigenvalue weighted by atomic mass is 10.0. The maximum atomic E-state index is 5.77. The van der Waals surface area contributed by atoms with Gasteiger partial charge in [-0.3, -0.25) is 9.67 Å². The third-order valence-corrected chi connectivity index (χ3v) is 6.23. The summed E-state index contributed by atoms with van der Waals surface area (Å²) in [5.41, 5.74) is 11.5. The summed E-state index contributed by atoms with van der Waals surface area (Å²) in [5, 5.41) is 5.81. The molecule has 3 aromatic heterocycles. The number of nitrogens with two attached hydrogens (primary N) is 1. The van der Waals surface area contributed by atoms with Gasteiger partial charge in [0.15, 0.2) is 0 Å². The van der Waals surface area contributed by atoms with Gasteiger partial charge in [-0.15, -0.1) is 0 Å². The van der Waals surface area contributed by atoms with Crippen molar-refractivity contribution in [2.45, 2.75) is 32.2 Å². The monoisotopic (exact) mass is 425 g/mol. The molecule has 0 aliphatic carbocycles. The van der Waals surface area contributed by atoms with Crippen LogP contribution in [-0.2, 0) is 6.42 Å². The van der Waals surface area contributed by atoms with Crippen LogP contribution in [0.1, 0.15) is 36.9 Å². The van der Waals surface area contributed by atoms with Crippen molar-refractivity contribution < 1.29 is 0 Å². The van der Waals surface area contributed by atoms with Crippen molar-refractivity contribution in [1.82, 2.24) is 24.7 Å². The van der Waals surface area contributed by atoms with Crippen molar-refractivity contribution in [3.63, 3.8) is 0 Å². The van der Waals surface area contributed by atoms with Gasteiger partial charge in [-0.25, -0.2) is 9.97 Å². The first-order chi connectivity index (χ1) is 15.6. The minimum Gasteiger partial charge on any atom is -0.399 e. The molecule has 32 heavy (non-hydrogen) atoms. The third kappa shape index (κ3) is 3.82. The van der Waals surface area contributed by atoms with Crippen LogP contribution in [0.25, 0.3) is 27.9 Å². The zero-order chi connectivity index (χ0) is 22.1. The molecule has 0 bridgehead atoms. The number of anilines is 1. The normalized spacial score (nSPS) is 14.7. The first-order valence-corrected chi connectivity index (χ1v) is 11.1. The molecule has 4 aromatic rings. The molecule has 1 fully saturated rings. The second-order valence-electron chi connectivity index (χ2n) is 8.28. The number of benzene rings is 1. The van der Waals surface area contributed by atoms with E-state index in [1.165, 1.54) is 5.56 Å². The van der Waals surface area contributed by atoms with Gasteiger partial charge in [0, 0.05) is 42.1 Å². The van der Waals surface area contributed by atoms with Crippen LogP contribution in [0.2, 0.25) is 0 Å². The number of rotatable bonds is 5. The number of hydrogen-bond donors (Lipinski definition) is 1. The van der Waals surface area contributed by atoms with E-state index in [-0.39, 0.29) is 0 Å². The number of aryl methyl sites for hydroxylation is 1. The summed E-state index contributed by atoms with van der Waals surface area (Å²) in [6, 6.07) is 10.4. The minimum atomic E-state index is 0.348. The average Bonchev–Trinajstić information content (AvgIpc) is 3.27. The topological polar surface area (TPSA) is 85.8 Å². The molecule has 0 atom stereocenters. The lowest BCUT2D eigenvalue weighted by molar-refractivity contribution is 0.373. The Morgan fingerprint density at radius 1 is 1.03 bits per heavy atom. The largest absolute Gasteiger partial charge is 0.399 e. The highest BCUT2D eigenvalue weighted by molar-refractivity contribution is 5.82. The van der Waals surface area contributed by atoms with E-state index in [4.69, 9.17) is 15.8 Å². The molecule has 0 amide bonds. The molecule has 1 aliphatic rings. The fourth-order valence-electron chi connectivity index (χ4n) is 4.25. The molecule has 0 spiro atoms. The van der Waals surface area contributed by atoms with Crippen LogP contribution in [0.5, 0.6) is 0 Å². The zero-order valence-corrected chi connectivity index (χ0v) is 18.3. The molecule has 7 heteroatoms. The van der Waals surface area contributed by atoms with Crippen molar-refractivity contribution in [3.05, 3.63) is 72.8 Å². The molecule has 1 saturated heterocycles. The summed E-state index contributed by atoms with van der Waals surface area (Å²) in [7, 11) is 0. The fourth-order valence-corrected chi connectivity index (χ4v) is 4.25. The quantitative estimate of drug-likeness (QED) is 0.515. The van der Waals surface area contributed by atoms with E-state index in [1.807, 2.05) is 49.1 Å². The standard InChI is InChI=1S/C25H27N7/c1-3-18-13-28-25(29-14-18)31-10-8-22(9-11-31)32-24-16-27-23(12-21(24)15-30-32)20-6-4-19(5-7-20)17(2)26/h4-7,12-16,22H,2-3,8-11,26H2,1H3. The fraction of sp³-hybridized carbons (Fsp3) is 0.280.